The molecule has 6 atom stereocenters. The molecule has 0 saturated heterocycles. The van der Waals surface area contributed by atoms with Crippen LogP contribution in [0.4, 0.5) is 0 Å². The number of ether oxygens (including phenoxy) is 2. The van der Waals surface area contributed by atoms with Gasteiger partial charge >= 0.3 is 35.8 Å². The lowest BCUT2D eigenvalue weighted by atomic mass is 9.77. The summed E-state index contributed by atoms with van der Waals surface area (Å²) < 4.78 is 11.9. The summed E-state index contributed by atoms with van der Waals surface area (Å²) in [5, 5.41) is 88.2. The molecular weight excluding hydrogens is 1170 g/mol. The number of amides is 7. The molecule has 0 bridgehead atoms. The molecule has 7 amide bonds. The van der Waals surface area contributed by atoms with Crippen molar-refractivity contribution < 1.29 is 134 Å². The molecule has 0 saturated carbocycles. The highest BCUT2D eigenvalue weighted by molar-refractivity contribution is 6.04. The number of aliphatic hydroxyl groups excluding tert-OH is 1. The van der Waals surface area contributed by atoms with Crippen LogP contribution in [0.5, 0.6) is 23.0 Å². The van der Waals surface area contributed by atoms with Gasteiger partial charge < -0.3 is 87.4 Å². The number of benzene rings is 3. The number of phenolic OH excluding ortho intramolecular Hbond substituents is 2. The molecule has 2 aliphatic heterocycles. The maximum absolute atomic E-state index is 13.7. The summed E-state index contributed by atoms with van der Waals surface area (Å²) in [6, 6.07) is 3.73. The molecular formula is C55H71N7O26. The van der Waals surface area contributed by atoms with Crippen LogP contribution in [0.15, 0.2) is 59.6 Å². The molecule has 1 spiro atoms. The van der Waals surface area contributed by atoms with Crippen LogP contribution >= 0.6 is 0 Å². The van der Waals surface area contributed by atoms with E-state index < -0.39 is 208 Å². The van der Waals surface area contributed by atoms with E-state index in [-0.39, 0.29) is 65.4 Å². The Kier molecular flexibility index (Phi) is 26.2. The zero-order chi connectivity index (χ0) is 65.0. The van der Waals surface area contributed by atoms with Crippen molar-refractivity contribution in [2.45, 2.75) is 101 Å². The molecule has 0 aromatic heterocycles. The monoisotopic (exact) mass is 1250 g/mol. The number of nitrogens with two attached hydrogens (primary N) is 1. The van der Waals surface area contributed by atoms with Gasteiger partial charge in [-0.25, -0.2) is 9.79 Å². The fourth-order valence-electron chi connectivity index (χ4n) is 8.95. The molecule has 3 aromatic carbocycles. The number of nitrogens with zero attached hydrogens (tertiary/aromatic N) is 1. The Labute approximate surface area is 504 Å². The van der Waals surface area contributed by atoms with Crippen LogP contribution in [0.2, 0.25) is 0 Å². The lowest BCUT2D eigenvalue weighted by Gasteiger charge is -2.36. The number of aliphatic carboxylic acids is 5. The van der Waals surface area contributed by atoms with Crippen molar-refractivity contribution in [3.63, 3.8) is 0 Å². The number of Topliss-reactive ketones (excluding diaryl/α,β-unsaturated/α-hetero) is 2. The lowest BCUT2D eigenvalue weighted by Crippen LogP contribution is -2.57. The second kappa shape index (κ2) is 32.3. The van der Waals surface area contributed by atoms with Crippen molar-refractivity contribution in [1.82, 2.24) is 26.6 Å². The number of aliphatic imine (C=N–C) groups is 1. The largest absolute Gasteiger partial charge is 0.508 e. The highest BCUT2D eigenvalue weighted by Crippen LogP contribution is 2.57. The molecule has 3 aromatic rings. The van der Waals surface area contributed by atoms with E-state index in [2.05, 4.69) is 15.6 Å². The third kappa shape index (κ3) is 19.3. The van der Waals surface area contributed by atoms with Crippen LogP contribution in [-0.4, -0.2) is 180 Å². The smallest absolute Gasteiger partial charge is 0.340 e. The molecule has 88 heavy (non-hydrogen) atoms. The van der Waals surface area contributed by atoms with E-state index in [4.69, 9.17) is 25.1 Å². The Balaban J connectivity index is -0.0000100. The normalized spacial score (nSPS) is 14.1. The van der Waals surface area contributed by atoms with Crippen LogP contribution in [0, 0.1) is 11.8 Å². The first-order valence-corrected chi connectivity index (χ1v) is 25.6. The van der Waals surface area contributed by atoms with E-state index in [1.165, 1.54) is 48.5 Å². The second-order valence-corrected chi connectivity index (χ2v) is 19.2. The van der Waals surface area contributed by atoms with Crippen LogP contribution in [-0.2, 0) is 77.5 Å². The molecule has 5 rings (SSSR count). The number of carboxylic acid groups (broad SMARTS) is 5. The van der Waals surface area contributed by atoms with Gasteiger partial charge in [-0.3, -0.25) is 67.1 Å². The molecule has 33 heteroatoms. The average molecular weight is 1250 g/mol. The zero-order valence-electron chi connectivity index (χ0n) is 45.4. The minimum Gasteiger partial charge on any atom is -0.508 e. The first kappa shape index (κ1) is 71.3. The van der Waals surface area contributed by atoms with Crippen molar-refractivity contribution in [2.75, 3.05) is 13.2 Å². The van der Waals surface area contributed by atoms with E-state index in [1.807, 2.05) is 22.7 Å². The van der Waals surface area contributed by atoms with Crippen molar-refractivity contribution in [2.24, 2.45) is 22.6 Å². The third-order valence-electron chi connectivity index (χ3n) is 13.0. The predicted molar refractivity (Wildman–Crippen MR) is 304 cm³/mol. The van der Waals surface area contributed by atoms with Crippen LogP contribution in [0.1, 0.15) is 116 Å². The van der Waals surface area contributed by atoms with E-state index in [9.17, 15) is 108 Å². The number of nitrogens with one attached hydrogen (secondary N) is 5. The summed E-state index contributed by atoms with van der Waals surface area (Å²) in [5.74, 6) is -23.9. The molecule has 15 N–H and O–H groups in total. The van der Waals surface area contributed by atoms with Crippen LogP contribution < -0.4 is 37.1 Å². The SMILES string of the molecule is C.C=O.NC(=O)CC=NC(=O)C(CCC(=O)O)NC(=O)C(CCC(=O)O)CC(=O)C(CC(=O)O)CC(=O)C(CO)NC(=O)C(CC(=O)O)NC(=O)C(CC(=O)O)NC(=O)CNC(=O)c1ccc2c(c1)C(=O)OC21c2ccc(O)cc2Oc2cc(O)ccc21.[HH].[HH].[HH].[HH].[HH]. The van der Waals surface area contributed by atoms with Gasteiger partial charge in [-0.05, 0) is 49.2 Å². The van der Waals surface area contributed by atoms with Crippen LogP contribution in [0.3, 0.4) is 0 Å². The number of aliphatic hydroxyl groups is 1. The fourth-order valence-corrected chi connectivity index (χ4v) is 8.95. The predicted octanol–water partition coefficient (Wildman–Crippen LogP) is -0.214. The summed E-state index contributed by atoms with van der Waals surface area (Å²) >= 11 is 0. The van der Waals surface area contributed by atoms with E-state index in [0.717, 1.165) is 12.3 Å². The number of fused-ring (bicyclic) bond motifs is 6. The number of rotatable bonds is 32. The number of phenols is 2. The average Bonchev–Trinajstić information content (AvgIpc) is 1.62. The molecule has 0 radical (unpaired) electrons. The lowest BCUT2D eigenvalue weighted by molar-refractivity contribution is -0.144. The van der Waals surface area contributed by atoms with Crippen molar-refractivity contribution in [3.05, 3.63) is 82.4 Å². The number of primary amides is 1. The molecule has 0 aliphatic carbocycles. The summed E-state index contributed by atoms with van der Waals surface area (Å²) in [6.07, 6.45) is -8.30. The van der Waals surface area contributed by atoms with E-state index in [0.29, 0.717) is 0 Å². The summed E-state index contributed by atoms with van der Waals surface area (Å²) in [6.45, 7) is -0.286. The highest BCUT2D eigenvalue weighted by atomic mass is 16.6. The Hall–Kier alpha value is -11.0. The van der Waals surface area contributed by atoms with E-state index >= 15 is 0 Å². The summed E-state index contributed by atoms with van der Waals surface area (Å²) in [5.41, 5.74) is 3.77. The molecule has 2 heterocycles. The zero-order valence-corrected chi connectivity index (χ0v) is 45.4. The standard InChI is InChI=1S/C53H55N7O25.CH2O.CH4.5H2/c54-40(66)11-12-55-49(80)32(8-10-43(70)71)58-48(79)24(2-9-42(68)69)14-36(64)25(16-44(72)73)15-37(65)35(22-61)60-51(82)34(20-46(76)77)59-50(81)33(19-45(74)75)57-41(67)21-56-47(78)23-1-5-29-28(13-23)52(83)85-53(29)30-6-3-26(62)17-38(30)84-39-18-27(63)4-7-31(39)53;1-2;;;;;;/h1,3-7,12-13,17-18,24-25,32-35,61-63H,2,8-11,14-16,19-22H2,(H2,54,66)(H,56,78)(H,57,67)(H,58,79)(H,59,81)(H,60,82)(H,68,69)(H,70,71)(H,72,73)(H,74,75)(H,76,77);1H2;1H4;5*1H. The molecule has 6 unspecified atom stereocenters. The summed E-state index contributed by atoms with van der Waals surface area (Å²) in [4.78, 5) is 202. The van der Waals surface area contributed by atoms with Gasteiger partial charge in [-0.2, -0.15) is 0 Å². The quantitative estimate of drug-likeness (QED) is 0.0284. The number of hydrogen-bond acceptors (Lipinski definition) is 21. The Morgan fingerprint density at radius 3 is 1.62 bits per heavy atom. The fraction of sp³-hybridized carbons (Fsp3) is 0.364. The number of carbonyl (C=O) groups excluding carboxylic acids is 11. The maximum Gasteiger partial charge on any atom is 0.340 e. The minimum atomic E-state index is -2.22. The third-order valence-corrected chi connectivity index (χ3v) is 13.0. The second-order valence-electron chi connectivity index (χ2n) is 19.2. The first-order valence-electron chi connectivity index (χ1n) is 25.6. The number of ketones is 2. The van der Waals surface area contributed by atoms with Gasteiger partial charge in [0.15, 0.2) is 11.4 Å². The van der Waals surface area contributed by atoms with Gasteiger partial charge in [-0.1, -0.05) is 13.5 Å². The number of esters is 1. The number of hydrogen-bond donors (Lipinski definition) is 14. The number of aromatic hydroxyl groups is 2. The van der Waals surface area contributed by atoms with E-state index in [1.54, 1.807) is 0 Å². The molecule has 2 aliphatic rings. The van der Waals surface area contributed by atoms with Gasteiger partial charge in [-0.15, -0.1) is 0 Å². The van der Waals surface area contributed by atoms with Gasteiger partial charge in [0, 0.05) is 85.3 Å². The first-order chi connectivity index (χ1) is 41.0. The summed E-state index contributed by atoms with van der Waals surface area (Å²) in [7, 11) is 0. The molecule has 482 valence electrons. The van der Waals surface area contributed by atoms with Gasteiger partial charge in [0.1, 0.15) is 59.7 Å². The molecule has 0 fully saturated rings. The Bertz CT molecular complexity index is 3270. The minimum absolute atomic E-state index is 0. The highest BCUT2D eigenvalue weighted by Gasteiger charge is 2.54. The van der Waals surface area contributed by atoms with Crippen molar-refractivity contribution >= 4 is 102 Å². The topological polar surface area (TPSA) is 552 Å². The van der Waals surface area contributed by atoms with Crippen LogP contribution in [0.25, 0.3) is 0 Å². The molecule has 33 nitrogen and oxygen atoms in total. The van der Waals surface area contributed by atoms with Gasteiger partial charge in [0.2, 0.25) is 29.5 Å². The maximum atomic E-state index is 13.7. The van der Waals surface area contributed by atoms with Gasteiger partial charge in [0.05, 0.1) is 44.4 Å². The number of carbonyl (C=O) groups is 16. The number of carboxylic acids is 5. The van der Waals surface area contributed by atoms with Gasteiger partial charge in [0.25, 0.3) is 11.8 Å². The van der Waals surface area contributed by atoms with Crippen molar-refractivity contribution in [1.29, 1.82) is 0 Å². The van der Waals surface area contributed by atoms with Crippen molar-refractivity contribution in [3.8, 4) is 23.0 Å². The Morgan fingerprint density at radius 1 is 0.602 bits per heavy atom. The Morgan fingerprint density at radius 2 is 1.10 bits per heavy atom.